The number of rotatable bonds is 4. The summed E-state index contributed by atoms with van der Waals surface area (Å²) in [7, 11) is 3.39. The first-order valence-corrected chi connectivity index (χ1v) is 7.68. The van der Waals surface area contributed by atoms with E-state index in [4.69, 9.17) is 4.74 Å². The number of thiazole rings is 1. The topological polar surface area (TPSA) is 42.4 Å². The molecule has 0 aliphatic rings. The average molecular weight is 355 g/mol. The van der Waals surface area contributed by atoms with Crippen molar-refractivity contribution >= 4 is 33.2 Å². The normalized spacial score (nSPS) is 10.4. The van der Waals surface area contributed by atoms with Crippen LogP contribution in [0.25, 0.3) is 0 Å². The number of carbonyl (C=O) groups excluding carboxylic acids is 1. The molecule has 0 atom stereocenters. The second-order valence-electron chi connectivity index (χ2n) is 4.37. The quantitative estimate of drug-likeness (QED) is 0.843. The highest BCUT2D eigenvalue weighted by Gasteiger charge is 2.15. The van der Waals surface area contributed by atoms with Crippen molar-refractivity contribution in [2.45, 2.75) is 13.5 Å². The van der Waals surface area contributed by atoms with Gasteiger partial charge in [-0.05, 0) is 41.1 Å². The fraction of sp³-hybridized carbons (Fsp3) is 0.286. The van der Waals surface area contributed by atoms with Gasteiger partial charge in [0.05, 0.1) is 29.3 Å². The zero-order chi connectivity index (χ0) is 14.7. The van der Waals surface area contributed by atoms with Crippen molar-refractivity contribution in [1.29, 1.82) is 0 Å². The van der Waals surface area contributed by atoms with Crippen LogP contribution in [0.5, 0.6) is 5.75 Å². The number of halogens is 1. The number of hydrogen-bond donors (Lipinski definition) is 0. The van der Waals surface area contributed by atoms with Crippen LogP contribution in [0.1, 0.15) is 20.9 Å². The summed E-state index contributed by atoms with van der Waals surface area (Å²) in [5.41, 5.74) is 3.40. The van der Waals surface area contributed by atoms with E-state index in [0.29, 0.717) is 17.9 Å². The Morgan fingerprint density at radius 2 is 2.25 bits per heavy atom. The minimum absolute atomic E-state index is 0.0267. The Hall–Kier alpha value is -1.40. The van der Waals surface area contributed by atoms with Crippen LogP contribution in [0.3, 0.4) is 0 Å². The van der Waals surface area contributed by atoms with Crippen molar-refractivity contribution in [2.75, 3.05) is 14.2 Å². The summed E-state index contributed by atoms with van der Waals surface area (Å²) < 4.78 is 5.93. The summed E-state index contributed by atoms with van der Waals surface area (Å²) in [5.74, 6) is 0.684. The highest BCUT2D eigenvalue weighted by molar-refractivity contribution is 9.10. The van der Waals surface area contributed by atoms with Gasteiger partial charge in [0, 0.05) is 17.5 Å². The first kappa shape index (κ1) is 15.0. The highest BCUT2D eigenvalue weighted by Crippen LogP contribution is 2.26. The van der Waals surface area contributed by atoms with Crippen LogP contribution in [0, 0.1) is 6.92 Å². The first-order valence-electron chi connectivity index (χ1n) is 6.01. The Morgan fingerprint density at radius 1 is 1.50 bits per heavy atom. The minimum atomic E-state index is -0.0267. The van der Waals surface area contributed by atoms with Crippen molar-refractivity contribution < 1.29 is 9.53 Å². The fourth-order valence-electron chi connectivity index (χ4n) is 1.78. The smallest absolute Gasteiger partial charge is 0.253 e. The number of benzene rings is 1. The van der Waals surface area contributed by atoms with E-state index in [-0.39, 0.29) is 5.91 Å². The lowest BCUT2D eigenvalue weighted by Crippen LogP contribution is -2.26. The summed E-state index contributed by atoms with van der Waals surface area (Å²) >= 11 is 4.96. The van der Waals surface area contributed by atoms with Gasteiger partial charge in [0.1, 0.15) is 5.75 Å². The number of hydrogen-bond acceptors (Lipinski definition) is 4. The van der Waals surface area contributed by atoms with Crippen LogP contribution in [0.4, 0.5) is 0 Å². The van der Waals surface area contributed by atoms with Crippen molar-refractivity contribution in [1.82, 2.24) is 9.88 Å². The molecule has 20 heavy (non-hydrogen) atoms. The zero-order valence-electron chi connectivity index (χ0n) is 11.5. The third-order valence-electron chi connectivity index (χ3n) is 2.97. The molecule has 0 aliphatic carbocycles. The number of aryl methyl sites for hydroxylation is 1. The van der Waals surface area contributed by atoms with Crippen molar-refractivity contribution in [3.8, 4) is 5.75 Å². The number of amides is 1. The summed E-state index contributed by atoms with van der Waals surface area (Å²) in [6.45, 7) is 2.52. The molecular formula is C14H15BrN2O2S. The minimum Gasteiger partial charge on any atom is -0.496 e. The molecule has 2 rings (SSSR count). The second kappa shape index (κ2) is 6.37. The van der Waals surface area contributed by atoms with Crippen LogP contribution in [-0.2, 0) is 6.54 Å². The van der Waals surface area contributed by atoms with Gasteiger partial charge in [0.15, 0.2) is 0 Å². The molecule has 0 bridgehead atoms. The third kappa shape index (κ3) is 3.19. The van der Waals surface area contributed by atoms with E-state index in [1.54, 1.807) is 54.1 Å². The molecule has 4 nitrogen and oxygen atoms in total. The van der Waals surface area contributed by atoms with Crippen molar-refractivity contribution in [3.63, 3.8) is 0 Å². The molecule has 0 unspecified atom stereocenters. The summed E-state index contributed by atoms with van der Waals surface area (Å²) in [5, 5.41) is 0. The monoisotopic (exact) mass is 354 g/mol. The molecule has 0 saturated carbocycles. The maximum Gasteiger partial charge on any atom is 0.253 e. The maximum absolute atomic E-state index is 12.4. The van der Waals surface area contributed by atoms with Crippen LogP contribution in [-0.4, -0.2) is 29.9 Å². The Balaban J connectivity index is 2.14. The summed E-state index contributed by atoms with van der Waals surface area (Å²) in [4.78, 5) is 19.4. The van der Waals surface area contributed by atoms with Gasteiger partial charge in [-0.1, -0.05) is 0 Å². The van der Waals surface area contributed by atoms with Gasteiger partial charge in [0.2, 0.25) is 0 Å². The predicted molar refractivity (Wildman–Crippen MR) is 83.3 cm³/mol. The zero-order valence-corrected chi connectivity index (χ0v) is 13.9. The van der Waals surface area contributed by atoms with E-state index in [1.807, 2.05) is 6.92 Å². The van der Waals surface area contributed by atoms with Gasteiger partial charge >= 0.3 is 0 Å². The number of aromatic nitrogens is 1. The number of carbonyl (C=O) groups is 1. The molecule has 0 aliphatic heterocycles. The molecule has 2 aromatic rings. The summed E-state index contributed by atoms with van der Waals surface area (Å²) in [6.07, 6.45) is 0. The molecule has 0 saturated heterocycles. The fourth-order valence-corrected chi connectivity index (χ4v) is 3.16. The lowest BCUT2D eigenvalue weighted by Gasteiger charge is -2.17. The molecule has 1 aromatic heterocycles. The third-order valence-corrected chi connectivity index (χ3v) is 4.51. The SMILES string of the molecule is COc1ccc(C(=O)N(C)Cc2scnc2C)cc1Br. The van der Waals surface area contributed by atoms with E-state index in [2.05, 4.69) is 20.9 Å². The molecule has 1 heterocycles. The van der Waals surface area contributed by atoms with Gasteiger partial charge in [-0.2, -0.15) is 0 Å². The number of methoxy groups -OCH3 is 1. The van der Waals surface area contributed by atoms with Crippen LogP contribution < -0.4 is 4.74 Å². The van der Waals surface area contributed by atoms with Gasteiger partial charge in [0.25, 0.3) is 5.91 Å². The Labute approximate surface area is 130 Å². The average Bonchev–Trinajstić information content (AvgIpc) is 2.83. The summed E-state index contributed by atoms with van der Waals surface area (Å²) in [6, 6.07) is 5.32. The molecule has 0 fully saturated rings. The molecular weight excluding hydrogens is 340 g/mol. The standard InChI is InChI=1S/C14H15BrN2O2S/c1-9-13(20-8-16-9)7-17(2)14(18)10-4-5-12(19-3)11(15)6-10/h4-6,8H,7H2,1-3H3. The van der Waals surface area contributed by atoms with E-state index in [0.717, 1.165) is 15.0 Å². The van der Waals surface area contributed by atoms with Crippen LogP contribution in [0.15, 0.2) is 28.2 Å². The molecule has 106 valence electrons. The first-order chi connectivity index (χ1) is 9.52. The van der Waals surface area contributed by atoms with E-state index in [1.165, 1.54) is 0 Å². The molecule has 1 aromatic carbocycles. The number of ether oxygens (including phenoxy) is 1. The van der Waals surface area contributed by atoms with Crippen LogP contribution in [0.2, 0.25) is 0 Å². The van der Waals surface area contributed by atoms with Crippen LogP contribution >= 0.6 is 27.3 Å². The largest absolute Gasteiger partial charge is 0.496 e. The number of nitrogens with zero attached hydrogens (tertiary/aromatic N) is 2. The van der Waals surface area contributed by atoms with E-state index in [9.17, 15) is 4.79 Å². The van der Waals surface area contributed by atoms with Crippen molar-refractivity contribution in [3.05, 3.63) is 44.3 Å². The molecule has 6 heteroatoms. The molecule has 1 amide bonds. The van der Waals surface area contributed by atoms with E-state index < -0.39 is 0 Å². The molecule has 0 N–H and O–H groups in total. The van der Waals surface area contributed by atoms with Crippen molar-refractivity contribution in [2.24, 2.45) is 0 Å². The lowest BCUT2D eigenvalue weighted by molar-refractivity contribution is 0.0786. The Morgan fingerprint density at radius 3 is 2.80 bits per heavy atom. The molecule has 0 radical (unpaired) electrons. The van der Waals surface area contributed by atoms with E-state index >= 15 is 0 Å². The molecule has 0 spiro atoms. The van der Waals surface area contributed by atoms with Gasteiger partial charge < -0.3 is 9.64 Å². The lowest BCUT2D eigenvalue weighted by atomic mass is 10.2. The second-order valence-corrected chi connectivity index (χ2v) is 6.17. The van der Waals surface area contributed by atoms with Gasteiger partial charge in [-0.3, -0.25) is 4.79 Å². The predicted octanol–water partition coefficient (Wildman–Crippen LogP) is 3.49. The van der Waals surface area contributed by atoms with Gasteiger partial charge in [-0.15, -0.1) is 11.3 Å². The highest BCUT2D eigenvalue weighted by atomic mass is 79.9. The maximum atomic E-state index is 12.4. The Bertz CT molecular complexity index is 627. The Kier molecular flexibility index (Phi) is 4.77. The van der Waals surface area contributed by atoms with Gasteiger partial charge in [-0.25, -0.2) is 4.98 Å².